The quantitative estimate of drug-likeness (QED) is 0.739. The Hall–Kier alpha value is -0.420. The molecule has 0 spiro atoms. The van der Waals surface area contributed by atoms with Crippen molar-refractivity contribution in [3.05, 3.63) is 67.3 Å². The molecule has 0 saturated heterocycles. The number of halogens is 4. The first-order valence-electron chi connectivity index (χ1n) is 5.62. The van der Waals surface area contributed by atoms with Gasteiger partial charge in [0.2, 0.25) is 0 Å². The summed E-state index contributed by atoms with van der Waals surface area (Å²) in [6.45, 7) is 0. The number of hydrogen-bond donors (Lipinski definition) is 1. The highest BCUT2D eigenvalue weighted by molar-refractivity contribution is 9.11. The van der Waals surface area contributed by atoms with Gasteiger partial charge in [-0.3, -0.25) is 0 Å². The van der Waals surface area contributed by atoms with Crippen molar-refractivity contribution in [2.45, 2.75) is 12.5 Å². The third-order valence-corrected chi connectivity index (χ3v) is 4.31. The van der Waals surface area contributed by atoms with Crippen molar-refractivity contribution in [2.75, 3.05) is 0 Å². The molecule has 0 aliphatic carbocycles. The van der Waals surface area contributed by atoms with E-state index in [0.717, 1.165) is 14.5 Å². The summed E-state index contributed by atoms with van der Waals surface area (Å²) in [5.41, 5.74) is 7.60. The van der Waals surface area contributed by atoms with Crippen molar-refractivity contribution in [2.24, 2.45) is 5.73 Å². The molecule has 0 heterocycles. The molecular weight excluding hydrogens is 396 g/mol. The van der Waals surface area contributed by atoms with Crippen molar-refractivity contribution >= 4 is 43.5 Å². The molecule has 2 N–H and O–H groups in total. The molecule has 1 unspecified atom stereocenters. The Morgan fingerprint density at radius 1 is 1.21 bits per heavy atom. The second-order valence-corrected chi connectivity index (χ2v) is 6.37. The first-order valence-corrected chi connectivity index (χ1v) is 7.59. The van der Waals surface area contributed by atoms with E-state index in [1.807, 2.05) is 18.2 Å². The van der Waals surface area contributed by atoms with Crippen LogP contribution >= 0.6 is 43.5 Å². The van der Waals surface area contributed by atoms with Crippen molar-refractivity contribution < 1.29 is 4.39 Å². The zero-order chi connectivity index (χ0) is 14.0. The molecule has 2 aromatic carbocycles. The zero-order valence-corrected chi connectivity index (χ0v) is 13.8. The summed E-state index contributed by atoms with van der Waals surface area (Å²) in [5, 5.41) is 0.125. The van der Waals surface area contributed by atoms with Gasteiger partial charge in [-0.25, -0.2) is 4.39 Å². The van der Waals surface area contributed by atoms with Crippen molar-refractivity contribution in [1.82, 2.24) is 0 Å². The molecule has 0 aliphatic heterocycles. The molecule has 1 nitrogen and oxygen atoms in total. The molecule has 19 heavy (non-hydrogen) atoms. The minimum atomic E-state index is -0.396. The lowest BCUT2D eigenvalue weighted by Crippen LogP contribution is -2.14. The molecular formula is C14H11Br2ClFN. The highest BCUT2D eigenvalue weighted by Crippen LogP contribution is 2.29. The minimum absolute atomic E-state index is 0.125. The predicted octanol–water partition coefficient (Wildman–Crippen LogP) is 5.25. The molecule has 2 aromatic rings. The van der Waals surface area contributed by atoms with Gasteiger partial charge < -0.3 is 5.73 Å². The van der Waals surface area contributed by atoms with Gasteiger partial charge in [0, 0.05) is 15.0 Å². The molecule has 100 valence electrons. The molecule has 2 rings (SSSR count). The molecule has 0 bridgehead atoms. The molecule has 0 amide bonds. The smallest absolute Gasteiger partial charge is 0.145 e. The van der Waals surface area contributed by atoms with Crippen LogP contribution in [0.5, 0.6) is 0 Å². The Balaban J connectivity index is 2.25. The van der Waals surface area contributed by atoms with Gasteiger partial charge in [0.1, 0.15) is 5.82 Å². The first-order chi connectivity index (χ1) is 8.99. The lowest BCUT2D eigenvalue weighted by atomic mass is 9.99. The Bertz CT molecular complexity index is 604. The van der Waals surface area contributed by atoms with Crippen LogP contribution in [-0.2, 0) is 6.42 Å². The van der Waals surface area contributed by atoms with Crippen LogP contribution in [0, 0.1) is 5.82 Å². The van der Waals surface area contributed by atoms with Crippen LogP contribution in [0.15, 0.2) is 45.3 Å². The van der Waals surface area contributed by atoms with Crippen LogP contribution in [0.3, 0.4) is 0 Å². The largest absolute Gasteiger partial charge is 0.324 e. The summed E-state index contributed by atoms with van der Waals surface area (Å²) in [4.78, 5) is 0. The fourth-order valence-electron chi connectivity index (χ4n) is 1.86. The number of benzene rings is 2. The van der Waals surface area contributed by atoms with Gasteiger partial charge in [0.25, 0.3) is 0 Å². The fourth-order valence-corrected chi connectivity index (χ4v) is 3.39. The minimum Gasteiger partial charge on any atom is -0.324 e. The summed E-state index contributed by atoms with van der Waals surface area (Å²) < 4.78 is 15.7. The van der Waals surface area contributed by atoms with E-state index in [1.165, 1.54) is 6.07 Å². The predicted molar refractivity (Wildman–Crippen MR) is 83.9 cm³/mol. The summed E-state index contributed by atoms with van der Waals surface area (Å²) in [5.74, 6) is -0.396. The van der Waals surface area contributed by atoms with Gasteiger partial charge in [-0.15, -0.1) is 0 Å². The third kappa shape index (κ3) is 3.57. The monoisotopic (exact) mass is 405 g/mol. The fraction of sp³-hybridized carbons (Fsp3) is 0.143. The maximum absolute atomic E-state index is 13.8. The van der Waals surface area contributed by atoms with Gasteiger partial charge in [0.15, 0.2) is 0 Å². The van der Waals surface area contributed by atoms with Gasteiger partial charge in [-0.1, -0.05) is 61.7 Å². The Kier molecular flexibility index (Phi) is 5.01. The third-order valence-electron chi connectivity index (χ3n) is 2.83. The summed E-state index contributed by atoms with van der Waals surface area (Å²) in [6, 6.07) is 10.4. The van der Waals surface area contributed by atoms with Gasteiger partial charge in [0.05, 0.1) is 5.02 Å². The van der Waals surface area contributed by atoms with E-state index in [-0.39, 0.29) is 11.1 Å². The highest BCUT2D eigenvalue weighted by Gasteiger charge is 2.14. The van der Waals surface area contributed by atoms with E-state index in [9.17, 15) is 4.39 Å². The van der Waals surface area contributed by atoms with Gasteiger partial charge in [-0.2, -0.15) is 0 Å². The van der Waals surface area contributed by atoms with Crippen LogP contribution < -0.4 is 5.73 Å². The average molecular weight is 408 g/mol. The first kappa shape index (κ1) is 15.0. The second-order valence-electron chi connectivity index (χ2n) is 4.19. The lowest BCUT2D eigenvalue weighted by Gasteiger charge is -2.15. The van der Waals surface area contributed by atoms with Crippen molar-refractivity contribution in [3.8, 4) is 0 Å². The average Bonchev–Trinajstić information content (AvgIpc) is 2.34. The zero-order valence-electron chi connectivity index (χ0n) is 9.84. The second kappa shape index (κ2) is 6.35. The molecule has 0 radical (unpaired) electrons. The Morgan fingerprint density at radius 2 is 1.95 bits per heavy atom. The Morgan fingerprint density at radius 3 is 2.63 bits per heavy atom. The standard InChI is InChI=1S/C14H11Br2ClFN/c15-9-4-5-10(11(16)7-9)13(19)6-8-2-1-3-12(17)14(8)18/h1-5,7,13H,6,19H2. The SMILES string of the molecule is NC(Cc1cccc(Cl)c1F)c1ccc(Br)cc1Br. The number of rotatable bonds is 3. The lowest BCUT2D eigenvalue weighted by molar-refractivity contribution is 0.593. The topological polar surface area (TPSA) is 26.0 Å². The molecule has 0 aromatic heterocycles. The van der Waals surface area contributed by atoms with Gasteiger partial charge >= 0.3 is 0 Å². The van der Waals surface area contributed by atoms with Crippen LogP contribution in [0.2, 0.25) is 5.02 Å². The number of hydrogen-bond acceptors (Lipinski definition) is 1. The van der Waals surface area contributed by atoms with Crippen LogP contribution in [0.25, 0.3) is 0 Å². The van der Waals surface area contributed by atoms with E-state index in [4.69, 9.17) is 17.3 Å². The maximum atomic E-state index is 13.8. The van der Waals surface area contributed by atoms with E-state index in [0.29, 0.717) is 12.0 Å². The normalized spacial score (nSPS) is 12.5. The number of nitrogens with two attached hydrogens (primary N) is 1. The van der Waals surface area contributed by atoms with E-state index in [1.54, 1.807) is 12.1 Å². The summed E-state index contributed by atoms with van der Waals surface area (Å²) in [6.07, 6.45) is 0.395. The van der Waals surface area contributed by atoms with Crippen LogP contribution in [-0.4, -0.2) is 0 Å². The summed E-state index contributed by atoms with van der Waals surface area (Å²) in [7, 11) is 0. The molecule has 0 aliphatic rings. The molecule has 0 saturated carbocycles. The van der Waals surface area contributed by atoms with Crippen LogP contribution in [0.1, 0.15) is 17.2 Å². The van der Waals surface area contributed by atoms with E-state index >= 15 is 0 Å². The molecule has 1 atom stereocenters. The highest BCUT2D eigenvalue weighted by atomic mass is 79.9. The maximum Gasteiger partial charge on any atom is 0.145 e. The van der Waals surface area contributed by atoms with Crippen LogP contribution in [0.4, 0.5) is 4.39 Å². The van der Waals surface area contributed by atoms with E-state index < -0.39 is 5.82 Å². The van der Waals surface area contributed by atoms with E-state index in [2.05, 4.69) is 31.9 Å². The van der Waals surface area contributed by atoms with Crippen molar-refractivity contribution in [1.29, 1.82) is 0 Å². The Labute approximate surface area is 133 Å². The molecule has 5 heteroatoms. The van der Waals surface area contributed by atoms with Gasteiger partial charge in [-0.05, 0) is 35.7 Å². The molecule has 0 fully saturated rings. The van der Waals surface area contributed by atoms with Crippen molar-refractivity contribution in [3.63, 3.8) is 0 Å². The summed E-state index contributed by atoms with van der Waals surface area (Å²) >= 11 is 12.6.